The number of carbonyl (C=O) groups is 3. The number of hydrogen-bond donors (Lipinski definition) is 2. The molecule has 0 radical (unpaired) electrons. The number of halogens is 2. The van der Waals surface area contributed by atoms with Crippen LogP contribution in [0, 0.1) is 11.7 Å². The lowest BCUT2D eigenvalue weighted by molar-refractivity contribution is -0.140. The van der Waals surface area contributed by atoms with Gasteiger partial charge in [-0.15, -0.1) is 0 Å². The molecular weight excluding hydrogens is 483 g/mol. The molecule has 188 valence electrons. The van der Waals surface area contributed by atoms with Crippen molar-refractivity contribution in [1.82, 2.24) is 20.1 Å². The molecule has 2 atom stereocenters. The number of urea groups is 1. The van der Waals surface area contributed by atoms with Crippen LogP contribution in [0.5, 0.6) is 0 Å². The Bertz CT molecular complexity index is 1370. The molecular formula is C27H28ClFN4O3. The van der Waals surface area contributed by atoms with Crippen LogP contribution >= 0.6 is 11.6 Å². The van der Waals surface area contributed by atoms with Gasteiger partial charge in [-0.3, -0.25) is 9.59 Å². The van der Waals surface area contributed by atoms with Crippen LogP contribution in [-0.2, 0) is 28.1 Å². The van der Waals surface area contributed by atoms with Gasteiger partial charge in [-0.2, -0.15) is 0 Å². The van der Waals surface area contributed by atoms with Gasteiger partial charge in [-0.1, -0.05) is 49.7 Å². The summed E-state index contributed by atoms with van der Waals surface area (Å²) in [6, 6.07) is 10.6. The van der Waals surface area contributed by atoms with Gasteiger partial charge in [0.2, 0.25) is 5.91 Å². The fourth-order valence-corrected chi connectivity index (χ4v) is 5.69. The number of nitrogens with zero attached hydrogens (tertiary/aromatic N) is 2. The summed E-state index contributed by atoms with van der Waals surface area (Å²) < 4.78 is 14.3. The van der Waals surface area contributed by atoms with Crippen LogP contribution < -0.4 is 5.32 Å². The Labute approximate surface area is 213 Å². The zero-order valence-corrected chi connectivity index (χ0v) is 21.2. The lowest BCUT2D eigenvalue weighted by Gasteiger charge is -2.36. The standard InChI is InChI=1S/C27H28ClFN4O3/c1-15(2)13-22(24(34)30-14-18-19(28)8-6-9-20(18)29)33-25(35)27(3)23-17(11-12-32(27)26(33)36)16-7-4-5-10-21(16)31-23/h4-10,15,22,31H,11-14H2,1-3H3,(H,30,34). The van der Waals surface area contributed by atoms with E-state index in [1.807, 2.05) is 38.1 Å². The van der Waals surface area contributed by atoms with Crippen molar-refractivity contribution in [3.8, 4) is 0 Å². The molecule has 7 nitrogen and oxygen atoms in total. The van der Waals surface area contributed by atoms with Crippen LogP contribution in [-0.4, -0.2) is 45.2 Å². The molecule has 0 bridgehead atoms. The monoisotopic (exact) mass is 510 g/mol. The fourth-order valence-electron chi connectivity index (χ4n) is 5.46. The number of para-hydroxylation sites is 1. The number of carbonyl (C=O) groups excluding carboxylic acids is 3. The molecule has 5 rings (SSSR count). The van der Waals surface area contributed by atoms with Crippen LogP contribution in [0.2, 0.25) is 5.02 Å². The molecule has 1 aromatic heterocycles. The Balaban J connectivity index is 1.48. The molecule has 4 amide bonds. The number of imide groups is 1. The number of aromatic amines is 1. The average molecular weight is 511 g/mol. The first-order valence-electron chi connectivity index (χ1n) is 12.1. The molecule has 0 aliphatic carbocycles. The highest BCUT2D eigenvalue weighted by Crippen LogP contribution is 2.45. The van der Waals surface area contributed by atoms with Crippen LogP contribution in [0.15, 0.2) is 42.5 Å². The lowest BCUT2D eigenvalue weighted by atomic mass is 9.87. The van der Waals surface area contributed by atoms with Crippen molar-refractivity contribution in [2.45, 2.75) is 51.7 Å². The van der Waals surface area contributed by atoms with Gasteiger partial charge >= 0.3 is 6.03 Å². The molecule has 1 saturated heterocycles. The topological polar surface area (TPSA) is 85.5 Å². The summed E-state index contributed by atoms with van der Waals surface area (Å²) in [7, 11) is 0. The maximum absolute atomic E-state index is 14.3. The van der Waals surface area contributed by atoms with E-state index in [1.54, 1.807) is 17.9 Å². The SMILES string of the molecule is CC(C)CC(C(=O)NCc1c(F)cccc1Cl)N1C(=O)N2CCc3c([nH]c4ccccc34)C2(C)C1=O. The van der Waals surface area contributed by atoms with Gasteiger partial charge in [0.15, 0.2) is 5.54 Å². The molecule has 36 heavy (non-hydrogen) atoms. The van der Waals surface area contributed by atoms with E-state index in [0.717, 1.165) is 21.4 Å². The van der Waals surface area contributed by atoms with Crippen molar-refractivity contribution in [3.63, 3.8) is 0 Å². The number of nitrogens with one attached hydrogen (secondary N) is 2. The minimum absolute atomic E-state index is 0.0208. The molecule has 0 spiro atoms. The first-order chi connectivity index (χ1) is 17.1. The molecule has 2 aliphatic rings. The summed E-state index contributed by atoms with van der Waals surface area (Å²) >= 11 is 6.11. The highest BCUT2D eigenvalue weighted by molar-refractivity contribution is 6.31. The van der Waals surface area contributed by atoms with Crippen molar-refractivity contribution in [2.75, 3.05) is 6.54 Å². The van der Waals surface area contributed by atoms with Crippen LogP contribution in [0.3, 0.4) is 0 Å². The summed E-state index contributed by atoms with van der Waals surface area (Å²) in [6.45, 7) is 5.80. The van der Waals surface area contributed by atoms with E-state index in [1.165, 1.54) is 12.1 Å². The highest BCUT2D eigenvalue weighted by atomic mass is 35.5. The molecule has 2 aliphatic heterocycles. The minimum Gasteiger partial charge on any atom is -0.356 e. The first-order valence-corrected chi connectivity index (χ1v) is 12.5. The predicted octanol–water partition coefficient (Wildman–Crippen LogP) is 4.73. The zero-order valence-electron chi connectivity index (χ0n) is 20.4. The molecule has 2 unspecified atom stereocenters. The summed E-state index contributed by atoms with van der Waals surface area (Å²) in [5, 5.41) is 3.93. The highest BCUT2D eigenvalue weighted by Gasteiger charge is 2.60. The fraction of sp³-hybridized carbons (Fsp3) is 0.370. The maximum Gasteiger partial charge on any atom is 0.328 e. The normalized spacial score (nSPS) is 20.2. The second kappa shape index (κ2) is 8.92. The second-order valence-electron chi connectivity index (χ2n) is 10.0. The first kappa shape index (κ1) is 24.3. The van der Waals surface area contributed by atoms with E-state index in [0.29, 0.717) is 18.7 Å². The zero-order chi connectivity index (χ0) is 25.8. The van der Waals surface area contributed by atoms with Gasteiger partial charge in [0.05, 0.1) is 5.69 Å². The van der Waals surface area contributed by atoms with Gasteiger partial charge < -0.3 is 15.2 Å². The quantitative estimate of drug-likeness (QED) is 0.470. The smallest absolute Gasteiger partial charge is 0.328 e. The Kier molecular flexibility index (Phi) is 6.03. The van der Waals surface area contributed by atoms with Gasteiger partial charge in [0, 0.05) is 34.6 Å². The average Bonchev–Trinajstić information content (AvgIpc) is 3.31. The summed E-state index contributed by atoms with van der Waals surface area (Å²) in [5.41, 5.74) is 1.53. The molecule has 0 saturated carbocycles. The van der Waals surface area contributed by atoms with E-state index in [-0.39, 0.29) is 29.5 Å². The van der Waals surface area contributed by atoms with Crippen LogP contribution in [0.25, 0.3) is 10.9 Å². The lowest BCUT2D eigenvalue weighted by Crippen LogP contribution is -2.51. The Hall–Kier alpha value is -3.39. The van der Waals surface area contributed by atoms with Crippen LogP contribution in [0.1, 0.15) is 44.0 Å². The third kappa shape index (κ3) is 3.66. The molecule has 2 aromatic carbocycles. The van der Waals surface area contributed by atoms with E-state index >= 15 is 0 Å². The van der Waals surface area contributed by atoms with Crippen molar-refractivity contribution >= 4 is 40.3 Å². The third-order valence-electron chi connectivity index (χ3n) is 7.31. The Morgan fingerprint density at radius 2 is 1.94 bits per heavy atom. The number of hydrogen-bond acceptors (Lipinski definition) is 3. The third-order valence-corrected chi connectivity index (χ3v) is 7.66. The number of rotatable bonds is 6. The van der Waals surface area contributed by atoms with Gasteiger partial charge in [-0.25, -0.2) is 14.1 Å². The van der Waals surface area contributed by atoms with E-state index in [2.05, 4.69) is 10.3 Å². The summed E-state index contributed by atoms with van der Waals surface area (Å²) in [4.78, 5) is 47.1. The predicted molar refractivity (Wildman–Crippen MR) is 135 cm³/mol. The van der Waals surface area contributed by atoms with E-state index in [9.17, 15) is 18.8 Å². The molecule has 3 aromatic rings. The molecule has 9 heteroatoms. The van der Waals surface area contributed by atoms with E-state index in [4.69, 9.17) is 11.6 Å². The number of H-pyrrole nitrogens is 1. The minimum atomic E-state index is -1.24. The Morgan fingerprint density at radius 3 is 2.67 bits per heavy atom. The Morgan fingerprint density at radius 1 is 1.19 bits per heavy atom. The second-order valence-corrected chi connectivity index (χ2v) is 10.4. The van der Waals surface area contributed by atoms with Crippen molar-refractivity contribution < 1.29 is 18.8 Å². The summed E-state index contributed by atoms with van der Waals surface area (Å²) in [6.07, 6.45) is 0.881. The largest absolute Gasteiger partial charge is 0.356 e. The van der Waals surface area contributed by atoms with Crippen molar-refractivity contribution in [3.05, 3.63) is 70.1 Å². The van der Waals surface area contributed by atoms with Crippen LogP contribution in [0.4, 0.5) is 9.18 Å². The summed E-state index contributed by atoms with van der Waals surface area (Å²) in [5.74, 6) is -1.48. The van der Waals surface area contributed by atoms with Crippen molar-refractivity contribution in [2.24, 2.45) is 5.92 Å². The molecule has 1 fully saturated rings. The van der Waals surface area contributed by atoms with Gasteiger partial charge in [0.1, 0.15) is 11.9 Å². The number of benzene rings is 2. The van der Waals surface area contributed by atoms with Crippen molar-refractivity contribution in [1.29, 1.82) is 0 Å². The number of amides is 4. The van der Waals surface area contributed by atoms with E-state index < -0.39 is 35.2 Å². The number of fused-ring (bicyclic) bond motifs is 5. The van der Waals surface area contributed by atoms with Gasteiger partial charge in [-0.05, 0) is 49.4 Å². The molecule has 3 heterocycles. The van der Waals surface area contributed by atoms with Gasteiger partial charge in [0.25, 0.3) is 5.91 Å². The maximum atomic E-state index is 14.3. The molecule has 2 N–H and O–H groups in total. The number of aromatic nitrogens is 1.